The number of nitrogens with zero attached hydrogens (tertiary/aromatic N) is 4. The molecule has 134 valence electrons. The Kier molecular flexibility index (Phi) is 4.83. The normalized spacial score (nSPS) is 11.9. The number of carbonyl (C=O) groups is 2. The molecular weight excluding hydrogens is 334 g/mol. The maximum absolute atomic E-state index is 12.4. The van der Waals surface area contributed by atoms with Gasteiger partial charge in [-0.1, -0.05) is 29.8 Å². The van der Waals surface area contributed by atoms with E-state index in [2.05, 4.69) is 15.5 Å². The Hall–Kier alpha value is -3.42. The van der Waals surface area contributed by atoms with Crippen LogP contribution in [0.3, 0.4) is 0 Å². The van der Waals surface area contributed by atoms with Crippen LogP contribution >= 0.6 is 0 Å². The fourth-order valence-corrected chi connectivity index (χ4v) is 2.48. The summed E-state index contributed by atoms with van der Waals surface area (Å²) in [6, 6.07) is 10.3. The number of nitrogens with one attached hydrogen (secondary N) is 1. The number of carbonyl (C=O) groups excluding carboxylic acids is 1. The number of aromatic nitrogens is 4. The van der Waals surface area contributed by atoms with Crippen molar-refractivity contribution in [3.8, 4) is 0 Å². The van der Waals surface area contributed by atoms with Gasteiger partial charge in [-0.2, -0.15) is 10.2 Å². The lowest BCUT2D eigenvalue weighted by Gasteiger charge is -2.10. The average Bonchev–Trinajstić information content (AvgIpc) is 3.25. The molecule has 26 heavy (non-hydrogen) atoms. The molecule has 0 radical (unpaired) electrons. The van der Waals surface area contributed by atoms with Crippen LogP contribution in [0, 0.1) is 6.92 Å². The Morgan fingerprint density at radius 1 is 1.19 bits per heavy atom. The Labute approximate surface area is 150 Å². The molecule has 0 aliphatic heterocycles. The van der Waals surface area contributed by atoms with E-state index in [1.54, 1.807) is 16.9 Å². The van der Waals surface area contributed by atoms with E-state index >= 15 is 0 Å². The van der Waals surface area contributed by atoms with E-state index in [1.807, 2.05) is 31.2 Å². The van der Waals surface area contributed by atoms with Gasteiger partial charge in [0.25, 0.3) is 5.91 Å². The standard InChI is InChI=1S/C18H19N5O3/c1-12-3-5-14(6-4-12)11-22-10-8-16(21-22)20-17(24)15-7-9-19-23(15)13(2)18(25)26/h3-10,13H,11H2,1-2H3,(H,25,26)(H,20,21,24). The summed E-state index contributed by atoms with van der Waals surface area (Å²) in [6.45, 7) is 4.08. The van der Waals surface area contributed by atoms with E-state index in [4.69, 9.17) is 5.11 Å². The number of carboxylic acid groups (broad SMARTS) is 1. The summed E-state index contributed by atoms with van der Waals surface area (Å²) in [5.41, 5.74) is 2.45. The van der Waals surface area contributed by atoms with Gasteiger partial charge >= 0.3 is 5.97 Å². The monoisotopic (exact) mass is 353 g/mol. The van der Waals surface area contributed by atoms with Gasteiger partial charge in [-0.3, -0.25) is 9.48 Å². The zero-order valence-corrected chi connectivity index (χ0v) is 14.5. The molecule has 8 nitrogen and oxygen atoms in total. The van der Waals surface area contributed by atoms with Crippen LogP contribution in [0.5, 0.6) is 0 Å². The highest BCUT2D eigenvalue weighted by atomic mass is 16.4. The first-order valence-electron chi connectivity index (χ1n) is 8.10. The molecule has 0 saturated carbocycles. The van der Waals surface area contributed by atoms with Crippen molar-refractivity contribution in [2.45, 2.75) is 26.4 Å². The van der Waals surface area contributed by atoms with Crippen LogP contribution in [0.1, 0.15) is 34.6 Å². The number of hydrogen-bond donors (Lipinski definition) is 2. The molecule has 3 aromatic rings. The molecule has 8 heteroatoms. The molecular formula is C18H19N5O3. The molecule has 2 heterocycles. The third kappa shape index (κ3) is 3.80. The van der Waals surface area contributed by atoms with Crippen LogP contribution in [0.2, 0.25) is 0 Å². The molecule has 0 saturated heterocycles. The molecule has 0 fully saturated rings. The van der Waals surface area contributed by atoms with Crippen LogP contribution in [0.25, 0.3) is 0 Å². The molecule has 1 amide bonds. The first-order valence-corrected chi connectivity index (χ1v) is 8.10. The predicted octanol–water partition coefficient (Wildman–Crippen LogP) is 2.33. The van der Waals surface area contributed by atoms with E-state index in [0.29, 0.717) is 12.4 Å². The maximum Gasteiger partial charge on any atom is 0.328 e. The van der Waals surface area contributed by atoms with Crippen molar-refractivity contribution in [1.29, 1.82) is 0 Å². The molecule has 0 aliphatic rings. The van der Waals surface area contributed by atoms with Gasteiger partial charge in [-0.15, -0.1) is 0 Å². The summed E-state index contributed by atoms with van der Waals surface area (Å²) in [5.74, 6) is -1.14. The van der Waals surface area contributed by atoms with Crippen molar-refractivity contribution in [3.05, 3.63) is 65.6 Å². The molecule has 1 atom stereocenters. The number of rotatable bonds is 6. The molecule has 2 N–H and O–H groups in total. The number of carboxylic acids is 1. The summed E-state index contributed by atoms with van der Waals surface area (Å²) in [4.78, 5) is 23.5. The van der Waals surface area contributed by atoms with Crippen molar-refractivity contribution >= 4 is 17.7 Å². The summed E-state index contributed by atoms with van der Waals surface area (Å²) < 4.78 is 2.89. The zero-order chi connectivity index (χ0) is 18.7. The van der Waals surface area contributed by atoms with Gasteiger partial charge in [0, 0.05) is 18.5 Å². The average molecular weight is 353 g/mol. The predicted molar refractivity (Wildman–Crippen MR) is 95.0 cm³/mol. The zero-order valence-electron chi connectivity index (χ0n) is 14.5. The van der Waals surface area contributed by atoms with Crippen LogP contribution in [0.4, 0.5) is 5.82 Å². The third-order valence-corrected chi connectivity index (χ3v) is 3.97. The highest BCUT2D eigenvalue weighted by molar-refractivity contribution is 6.02. The molecule has 1 aromatic carbocycles. The molecule has 0 aliphatic carbocycles. The van der Waals surface area contributed by atoms with Gasteiger partial charge in [0.1, 0.15) is 11.7 Å². The van der Waals surface area contributed by atoms with E-state index in [1.165, 1.54) is 29.4 Å². The summed E-state index contributed by atoms with van der Waals surface area (Å²) in [5, 5.41) is 20.0. The van der Waals surface area contributed by atoms with E-state index in [9.17, 15) is 9.59 Å². The molecule has 3 rings (SSSR count). The number of aliphatic carboxylic acids is 1. The quantitative estimate of drug-likeness (QED) is 0.708. The third-order valence-electron chi connectivity index (χ3n) is 3.97. The maximum atomic E-state index is 12.4. The van der Waals surface area contributed by atoms with E-state index < -0.39 is 17.9 Å². The largest absolute Gasteiger partial charge is 0.480 e. The smallest absolute Gasteiger partial charge is 0.328 e. The second kappa shape index (κ2) is 7.22. The van der Waals surface area contributed by atoms with Crippen molar-refractivity contribution in [3.63, 3.8) is 0 Å². The minimum absolute atomic E-state index is 0.160. The first kappa shape index (κ1) is 17.4. The van der Waals surface area contributed by atoms with Gasteiger partial charge in [0.2, 0.25) is 0 Å². The second-order valence-electron chi connectivity index (χ2n) is 6.01. The van der Waals surface area contributed by atoms with Crippen LogP contribution < -0.4 is 5.32 Å². The lowest BCUT2D eigenvalue weighted by Crippen LogP contribution is -2.24. The summed E-state index contributed by atoms with van der Waals surface area (Å²) in [6.07, 6.45) is 3.16. The Balaban J connectivity index is 1.69. The number of aryl methyl sites for hydroxylation is 1. The van der Waals surface area contributed by atoms with Crippen molar-refractivity contribution in [1.82, 2.24) is 19.6 Å². The lowest BCUT2D eigenvalue weighted by molar-refractivity contribution is -0.140. The number of hydrogen-bond acceptors (Lipinski definition) is 4. The minimum atomic E-state index is -1.06. The highest BCUT2D eigenvalue weighted by Gasteiger charge is 2.21. The lowest BCUT2D eigenvalue weighted by atomic mass is 10.1. The van der Waals surface area contributed by atoms with Crippen molar-refractivity contribution in [2.75, 3.05) is 5.32 Å². The fraction of sp³-hybridized carbons (Fsp3) is 0.222. The van der Waals surface area contributed by atoms with Crippen molar-refractivity contribution in [2.24, 2.45) is 0 Å². The van der Waals surface area contributed by atoms with E-state index in [-0.39, 0.29) is 5.69 Å². The van der Waals surface area contributed by atoms with Gasteiger partial charge in [0.15, 0.2) is 5.82 Å². The summed E-state index contributed by atoms with van der Waals surface area (Å²) in [7, 11) is 0. The minimum Gasteiger partial charge on any atom is -0.480 e. The highest BCUT2D eigenvalue weighted by Crippen LogP contribution is 2.13. The van der Waals surface area contributed by atoms with Gasteiger partial charge < -0.3 is 10.4 Å². The first-order chi connectivity index (χ1) is 12.4. The topological polar surface area (TPSA) is 102 Å². The SMILES string of the molecule is Cc1ccc(Cn2ccc(NC(=O)c3ccnn3C(C)C(=O)O)n2)cc1. The Morgan fingerprint density at radius 2 is 1.92 bits per heavy atom. The van der Waals surface area contributed by atoms with Crippen LogP contribution in [0.15, 0.2) is 48.8 Å². The summed E-state index contributed by atoms with van der Waals surface area (Å²) >= 11 is 0. The molecule has 1 unspecified atom stereocenters. The molecule has 2 aromatic heterocycles. The number of anilines is 1. The van der Waals surface area contributed by atoms with Gasteiger partial charge in [0.05, 0.1) is 6.54 Å². The van der Waals surface area contributed by atoms with Gasteiger partial charge in [-0.25, -0.2) is 9.48 Å². The van der Waals surface area contributed by atoms with Crippen LogP contribution in [-0.4, -0.2) is 36.5 Å². The molecule has 0 bridgehead atoms. The van der Waals surface area contributed by atoms with Crippen LogP contribution in [-0.2, 0) is 11.3 Å². The fourth-order valence-electron chi connectivity index (χ4n) is 2.48. The number of benzene rings is 1. The second-order valence-corrected chi connectivity index (χ2v) is 6.01. The number of amides is 1. The Bertz CT molecular complexity index is 926. The van der Waals surface area contributed by atoms with Gasteiger partial charge in [-0.05, 0) is 25.5 Å². The van der Waals surface area contributed by atoms with Crippen molar-refractivity contribution < 1.29 is 14.7 Å². The van der Waals surface area contributed by atoms with E-state index in [0.717, 1.165) is 5.56 Å². The molecule has 0 spiro atoms. The Morgan fingerprint density at radius 3 is 2.62 bits per heavy atom.